The fraction of sp³-hybridized carbons (Fsp3) is 0.360. The molecule has 0 spiro atoms. The fourth-order valence-corrected chi connectivity index (χ4v) is 3.87. The van der Waals surface area contributed by atoms with Gasteiger partial charge in [-0.3, -0.25) is 9.78 Å². The third-order valence-electron chi connectivity index (χ3n) is 5.50. The number of aromatic amines is 1. The number of fused-ring (bicyclic) bond motifs is 1. The van der Waals surface area contributed by atoms with Crippen LogP contribution in [-0.4, -0.2) is 29.0 Å². The van der Waals surface area contributed by atoms with Crippen molar-refractivity contribution in [2.45, 2.75) is 40.0 Å². The van der Waals surface area contributed by atoms with Gasteiger partial charge in [-0.1, -0.05) is 32.9 Å². The Morgan fingerprint density at radius 2 is 2.06 bits per heavy atom. The van der Waals surface area contributed by atoms with Gasteiger partial charge in [0.25, 0.3) is 5.91 Å². The maximum Gasteiger partial charge on any atom is 0.253 e. The molecular weight excluding hydrogens is 393 g/mol. The Balaban J connectivity index is 1.76. The Morgan fingerprint density at radius 1 is 1.23 bits per heavy atom. The van der Waals surface area contributed by atoms with Crippen molar-refractivity contribution in [2.24, 2.45) is 5.41 Å². The first-order valence-corrected chi connectivity index (χ1v) is 10.7. The first-order chi connectivity index (χ1) is 14.8. The van der Waals surface area contributed by atoms with Crippen LogP contribution in [0, 0.1) is 11.2 Å². The maximum absolute atomic E-state index is 13.8. The molecule has 5 nitrogen and oxygen atoms in total. The molecule has 0 fully saturated rings. The molecule has 0 saturated heterocycles. The number of ether oxygens (including phenoxy) is 1. The van der Waals surface area contributed by atoms with Gasteiger partial charge in [-0.25, -0.2) is 4.39 Å². The van der Waals surface area contributed by atoms with Crippen molar-refractivity contribution in [1.82, 2.24) is 15.3 Å². The molecule has 1 aliphatic heterocycles. The molecule has 3 aromatic rings. The molecule has 2 aromatic heterocycles. The zero-order valence-electron chi connectivity index (χ0n) is 18.2. The van der Waals surface area contributed by atoms with Crippen LogP contribution >= 0.6 is 0 Å². The van der Waals surface area contributed by atoms with Gasteiger partial charge in [-0.2, -0.15) is 0 Å². The van der Waals surface area contributed by atoms with E-state index in [4.69, 9.17) is 4.74 Å². The normalized spacial score (nSPS) is 13.6. The lowest BCUT2D eigenvalue weighted by molar-refractivity contribution is 0.0945. The van der Waals surface area contributed by atoms with E-state index in [9.17, 15) is 9.18 Å². The second-order valence-electron chi connectivity index (χ2n) is 9.18. The second-order valence-corrected chi connectivity index (χ2v) is 9.18. The van der Waals surface area contributed by atoms with Crippen molar-refractivity contribution in [2.75, 3.05) is 13.2 Å². The van der Waals surface area contributed by atoms with Crippen LogP contribution in [0.25, 0.3) is 11.3 Å². The number of hydrogen-bond donors (Lipinski definition) is 2. The fourth-order valence-electron chi connectivity index (χ4n) is 3.87. The number of benzene rings is 1. The minimum Gasteiger partial charge on any atom is -0.491 e. The minimum atomic E-state index is -0.289. The lowest BCUT2D eigenvalue weighted by Crippen LogP contribution is -2.32. The summed E-state index contributed by atoms with van der Waals surface area (Å²) in [4.78, 5) is 20.4. The molecule has 0 atom stereocenters. The molecule has 1 aromatic carbocycles. The van der Waals surface area contributed by atoms with Gasteiger partial charge in [-0.15, -0.1) is 0 Å². The van der Waals surface area contributed by atoms with E-state index in [1.54, 1.807) is 18.5 Å². The highest BCUT2D eigenvalue weighted by Gasteiger charge is 2.28. The Labute approximate surface area is 182 Å². The molecule has 162 valence electrons. The highest BCUT2D eigenvalue weighted by atomic mass is 19.1. The average Bonchev–Trinajstić information content (AvgIpc) is 3.07. The van der Waals surface area contributed by atoms with Gasteiger partial charge < -0.3 is 15.0 Å². The van der Waals surface area contributed by atoms with E-state index in [-0.39, 0.29) is 17.1 Å². The molecule has 31 heavy (non-hydrogen) atoms. The molecule has 0 saturated carbocycles. The van der Waals surface area contributed by atoms with Crippen molar-refractivity contribution in [3.8, 4) is 17.0 Å². The van der Waals surface area contributed by atoms with Crippen molar-refractivity contribution in [1.29, 1.82) is 0 Å². The van der Waals surface area contributed by atoms with Crippen LogP contribution in [0.2, 0.25) is 0 Å². The molecule has 4 rings (SSSR count). The summed E-state index contributed by atoms with van der Waals surface area (Å²) in [5.41, 5.74) is 5.08. The molecule has 0 bridgehead atoms. The van der Waals surface area contributed by atoms with E-state index >= 15 is 0 Å². The van der Waals surface area contributed by atoms with Gasteiger partial charge in [-0.05, 0) is 41.2 Å². The average molecular weight is 422 g/mol. The quantitative estimate of drug-likeness (QED) is 0.594. The van der Waals surface area contributed by atoms with Gasteiger partial charge in [0.1, 0.15) is 11.6 Å². The van der Waals surface area contributed by atoms with Crippen LogP contribution in [-0.2, 0) is 12.8 Å². The number of nitrogens with zero attached hydrogens (tertiary/aromatic N) is 1. The summed E-state index contributed by atoms with van der Waals surface area (Å²) in [7, 11) is 0. The lowest BCUT2D eigenvalue weighted by atomic mass is 9.93. The molecule has 1 aliphatic rings. The Morgan fingerprint density at radius 3 is 2.84 bits per heavy atom. The minimum absolute atomic E-state index is 0.0978. The Hall–Kier alpha value is -3.15. The summed E-state index contributed by atoms with van der Waals surface area (Å²) >= 11 is 0. The van der Waals surface area contributed by atoms with Crippen molar-refractivity contribution < 1.29 is 13.9 Å². The third kappa shape index (κ3) is 4.79. The number of amides is 1. The topological polar surface area (TPSA) is 67.0 Å². The van der Waals surface area contributed by atoms with Crippen molar-refractivity contribution in [3.05, 3.63) is 70.9 Å². The monoisotopic (exact) mass is 421 g/mol. The highest BCUT2D eigenvalue weighted by Crippen LogP contribution is 2.36. The standard InChI is InChI=1S/C25H28FN3O2/c1-25(2,3)9-12-31-21-15-27-10-7-18(21)23-19(14-16-5-4-6-17(26)13-16)22-20(29-23)8-11-28-24(22)30/h4-7,10,13,15,29H,8-9,11-12,14H2,1-3H3,(H,28,30). The maximum atomic E-state index is 13.8. The predicted molar refractivity (Wildman–Crippen MR) is 119 cm³/mol. The number of rotatable bonds is 6. The van der Waals surface area contributed by atoms with E-state index < -0.39 is 0 Å². The summed E-state index contributed by atoms with van der Waals surface area (Å²) in [6.45, 7) is 7.69. The van der Waals surface area contributed by atoms with Crippen LogP contribution in [0.1, 0.15) is 54.4 Å². The van der Waals surface area contributed by atoms with E-state index in [2.05, 4.69) is 36.1 Å². The van der Waals surface area contributed by atoms with Crippen molar-refractivity contribution in [3.63, 3.8) is 0 Å². The second kappa shape index (κ2) is 8.53. The van der Waals surface area contributed by atoms with Crippen LogP contribution in [0.3, 0.4) is 0 Å². The van der Waals surface area contributed by atoms with Gasteiger partial charge in [0, 0.05) is 36.8 Å². The first-order valence-electron chi connectivity index (χ1n) is 10.7. The van der Waals surface area contributed by atoms with Crippen LogP contribution in [0.5, 0.6) is 5.75 Å². The SMILES string of the molecule is CC(C)(C)CCOc1cnccc1-c1[nH]c2c(c1Cc1cccc(F)c1)C(=O)NCC2. The Kier molecular flexibility index (Phi) is 5.81. The molecule has 0 radical (unpaired) electrons. The number of hydrogen-bond acceptors (Lipinski definition) is 3. The molecule has 2 N–H and O–H groups in total. The van der Waals surface area contributed by atoms with Gasteiger partial charge in [0.15, 0.2) is 0 Å². The molecule has 6 heteroatoms. The highest BCUT2D eigenvalue weighted by molar-refractivity contribution is 6.00. The Bertz CT molecular complexity index is 1100. The number of carbonyl (C=O) groups excluding carboxylic acids is 1. The number of nitrogens with one attached hydrogen (secondary N) is 2. The largest absolute Gasteiger partial charge is 0.491 e. The van der Waals surface area contributed by atoms with Gasteiger partial charge in [0.2, 0.25) is 0 Å². The zero-order chi connectivity index (χ0) is 22.0. The molecule has 0 aliphatic carbocycles. The number of pyridine rings is 1. The lowest BCUT2D eigenvalue weighted by Gasteiger charge is -2.19. The van der Waals surface area contributed by atoms with E-state index in [0.717, 1.165) is 40.9 Å². The number of halogens is 1. The van der Waals surface area contributed by atoms with Crippen molar-refractivity contribution >= 4 is 5.91 Å². The van der Waals surface area contributed by atoms with Crippen LogP contribution in [0.4, 0.5) is 4.39 Å². The first kappa shape index (κ1) is 21.1. The number of aromatic nitrogens is 2. The summed E-state index contributed by atoms with van der Waals surface area (Å²) in [5.74, 6) is 0.286. The van der Waals surface area contributed by atoms with Gasteiger partial charge >= 0.3 is 0 Å². The zero-order valence-corrected chi connectivity index (χ0v) is 18.2. The summed E-state index contributed by atoms with van der Waals surface area (Å²) in [6.07, 6.45) is 5.50. The molecule has 3 heterocycles. The summed E-state index contributed by atoms with van der Waals surface area (Å²) < 4.78 is 19.9. The summed E-state index contributed by atoms with van der Waals surface area (Å²) in [5, 5.41) is 2.93. The number of carbonyl (C=O) groups is 1. The smallest absolute Gasteiger partial charge is 0.253 e. The molecule has 1 amide bonds. The van der Waals surface area contributed by atoms with Crippen LogP contribution in [0.15, 0.2) is 42.7 Å². The molecule has 0 unspecified atom stereocenters. The van der Waals surface area contributed by atoms with Crippen LogP contribution < -0.4 is 10.1 Å². The van der Waals surface area contributed by atoms with E-state index in [1.807, 2.05) is 12.1 Å². The number of H-pyrrole nitrogens is 1. The van der Waals surface area contributed by atoms with E-state index in [0.29, 0.717) is 30.9 Å². The molecular formula is C25H28FN3O2. The van der Waals surface area contributed by atoms with E-state index in [1.165, 1.54) is 12.1 Å². The van der Waals surface area contributed by atoms with Gasteiger partial charge in [0.05, 0.1) is 24.1 Å². The summed E-state index contributed by atoms with van der Waals surface area (Å²) in [6, 6.07) is 8.40. The predicted octanol–water partition coefficient (Wildman–Crippen LogP) is 4.91. The third-order valence-corrected chi connectivity index (χ3v) is 5.50.